The number of anilines is 2. The average molecular weight is 292 g/mol. The second kappa shape index (κ2) is 7.52. The van der Waals surface area contributed by atoms with Gasteiger partial charge in [-0.2, -0.15) is 0 Å². The lowest BCUT2D eigenvalue weighted by molar-refractivity contribution is -0.121. The third-order valence-electron chi connectivity index (χ3n) is 3.06. The highest BCUT2D eigenvalue weighted by atomic mass is 16.2. The minimum atomic E-state index is -0.223. The molecule has 0 aromatic heterocycles. The van der Waals surface area contributed by atoms with E-state index in [1.165, 1.54) is 4.90 Å². The Balaban J connectivity index is 2.74. The van der Waals surface area contributed by atoms with E-state index in [0.717, 1.165) is 12.1 Å². The van der Waals surface area contributed by atoms with E-state index in [0.29, 0.717) is 17.8 Å². The number of nitrogens with two attached hydrogens (primary N) is 1. The highest BCUT2D eigenvalue weighted by Gasteiger charge is 2.16. The third-order valence-corrected chi connectivity index (χ3v) is 3.06. The lowest BCUT2D eigenvalue weighted by atomic mass is 10.1. The second-order valence-corrected chi connectivity index (χ2v) is 5.18. The van der Waals surface area contributed by atoms with Crippen LogP contribution in [0.1, 0.15) is 23.7 Å². The molecule has 0 fully saturated rings. The van der Waals surface area contributed by atoms with Crippen LogP contribution < -0.4 is 16.0 Å². The van der Waals surface area contributed by atoms with Crippen LogP contribution in [0.3, 0.4) is 0 Å². The summed E-state index contributed by atoms with van der Waals surface area (Å²) in [6.07, 6.45) is 0.867. The fraction of sp³-hybridized carbons (Fsp3) is 0.467. The van der Waals surface area contributed by atoms with Gasteiger partial charge in [0.25, 0.3) is 5.91 Å². The zero-order valence-corrected chi connectivity index (χ0v) is 13.1. The summed E-state index contributed by atoms with van der Waals surface area (Å²) in [6, 6.07) is 5.15. The van der Waals surface area contributed by atoms with E-state index >= 15 is 0 Å². The number of amides is 2. The maximum absolute atomic E-state index is 12.3. The molecule has 1 rings (SSSR count). The highest BCUT2D eigenvalue weighted by molar-refractivity contribution is 5.97. The van der Waals surface area contributed by atoms with Gasteiger partial charge in [-0.1, -0.05) is 6.92 Å². The Bertz CT molecular complexity index is 514. The molecule has 0 spiro atoms. The fourth-order valence-corrected chi connectivity index (χ4v) is 1.92. The summed E-state index contributed by atoms with van der Waals surface area (Å²) in [5, 5.41) is 2.74. The van der Waals surface area contributed by atoms with Gasteiger partial charge in [-0.25, -0.2) is 0 Å². The normalized spacial score (nSPS) is 10.1. The number of nitrogens with one attached hydrogen (secondary N) is 1. The fourth-order valence-electron chi connectivity index (χ4n) is 1.92. The Morgan fingerprint density at radius 3 is 2.43 bits per heavy atom. The minimum Gasteiger partial charge on any atom is -0.397 e. The van der Waals surface area contributed by atoms with Gasteiger partial charge in [0.1, 0.15) is 0 Å². The molecule has 0 aliphatic carbocycles. The number of hydrogen-bond donors (Lipinski definition) is 2. The second-order valence-electron chi connectivity index (χ2n) is 5.18. The van der Waals surface area contributed by atoms with Crippen molar-refractivity contribution in [2.45, 2.75) is 13.3 Å². The number of carbonyl (C=O) groups excluding carboxylic acids is 2. The summed E-state index contributed by atoms with van der Waals surface area (Å²) >= 11 is 0. The third kappa shape index (κ3) is 4.66. The van der Waals surface area contributed by atoms with Gasteiger partial charge in [0.2, 0.25) is 5.91 Å². The van der Waals surface area contributed by atoms with Crippen LogP contribution in [0.4, 0.5) is 11.4 Å². The predicted molar refractivity (Wildman–Crippen MR) is 85.4 cm³/mol. The van der Waals surface area contributed by atoms with Gasteiger partial charge in [0, 0.05) is 33.3 Å². The zero-order valence-electron chi connectivity index (χ0n) is 13.1. The first-order valence-corrected chi connectivity index (χ1v) is 6.95. The first-order chi connectivity index (χ1) is 9.86. The van der Waals surface area contributed by atoms with Crippen LogP contribution in [0.15, 0.2) is 18.2 Å². The smallest absolute Gasteiger partial charge is 0.254 e. The molecule has 0 bridgehead atoms. The first-order valence-electron chi connectivity index (χ1n) is 6.95. The van der Waals surface area contributed by atoms with Crippen molar-refractivity contribution in [2.75, 3.05) is 44.9 Å². The molecule has 0 saturated heterocycles. The van der Waals surface area contributed by atoms with Crippen molar-refractivity contribution in [1.82, 2.24) is 10.2 Å². The minimum absolute atomic E-state index is 0.0359. The lowest BCUT2D eigenvalue weighted by Crippen LogP contribution is -2.38. The van der Waals surface area contributed by atoms with Gasteiger partial charge in [0.15, 0.2) is 0 Å². The summed E-state index contributed by atoms with van der Waals surface area (Å²) < 4.78 is 0. The maximum Gasteiger partial charge on any atom is 0.254 e. The van der Waals surface area contributed by atoms with Gasteiger partial charge in [-0.15, -0.1) is 0 Å². The van der Waals surface area contributed by atoms with Crippen LogP contribution in [-0.2, 0) is 4.79 Å². The van der Waals surface area contributed by atoms with Gasteiger partial charge in [0.05, 0.1) is 17.9 Å². The van der Waals surface area contributed by atoms with Gasteiger partial charge < -0.3 is 20.9 Å². The molecule has 0 heterocycles. The quantitative estimate of drug-likeness (QED) is 0.765. The molecule has 0 aliphatic heterocycles. The number of rotatable bonds is 6. The van der Waals surface area contributed by atoms with Crippen molar-refractivity contribution in [1.29, 1.82) is 0 Å². The number of hydrogen-bond acceptors (Lipinski definition) is 4. The summed E-state index contributed by atoms with van der Waals surface area (Å²) in [4.78, 5) is 27.2. The molecule has 6 nitrogen and oxygen atoms in total. The molecule has 0 unspecified atom stereocenters. The van der Waals surface area contributed by atoms with Crippen LogP contribution in [0, 0.1) is 0 Å². The summed E-state index contributed by atoms with van der Waals surface area (Å²) in [5.41, 5.74) is 7.80. The van der Waals surface area contributed by atoms with E-state index < -0.39 is 0 Å². The number of benzene rings is 1. The number of nitrogen functional groups attached to an aromatic ring is 1. The average Bonchev–Trinajstić information content (AvgIpc) is 2.43. The molecular formula is C15H24N4O2. The Hall–Kier alpha value is -2.24. The SMILES string of the molecule is CCCNC(=O)CN(C)C(=O)c1ccc(N(C)C)c(N)c1. The van der Waals surface area contributed by atoms with E-state index in [4.69, 9.17) is 5.73 Å². The Morgan fingerprint density at radius 1 is 1.24 bits per heavy atom. The monoisotopic (exact) mass is 292 g/mol. The molecule has 21 heavy (non-hydrogen) atoms. The zero-order chi connectivity index (χ0) is 16.0. The largest absolute Gasteiger partial charge is 0.397 e. The predicted octanol–water partition coefficient (Wildman–Crippen LogP) is 0.933. The van der Waals surface area contributed by atoms with E-state index in [-0.39, 0.29) is 18.4 Å². The van der Waals surface area contributed by atoms with Crippen LogP contribution in [0.5, 0.6) is 0 Å². The van der Waals surface area contributed by atoms with Crippen molar-refractivity contribution in [3.05, 3.63) is 23.8 Å². The van der Waals surface area contributed by atoms with Crippen molar-refractivity contribution < 1.29 is 9.59 Å². The number of carbonyl (C=O) groups is 2. The van der Waals surface area contributed by atoms with Crippen LogP contribution in [-0.4, -0.2) is 50.9 Å². The molecule has 116 valence electrons. The number of likely N-dealkylation sites (N-methyl/N-ethyl adjacent to an activating group) is 1. The molecule has 3 N–H and O–H groups in total. The van der Waals surface area contributed by atoms with Crippen molar-refractivity contribution in [2.24, 2.45) is 0 Å². The van der Waals surface area contributed by atoms with E-state index in [2.05, 4.69) is 5.32 Å². The molecule has 1 aromatic rings. The van der Waals surface area contributed by atoms with Gasteiger partial charge in [-0.3, -0.25) is 9.59 Å². The van der Waals surface area contributed by atoms with E-state index in [1.54, 1.807) is 25.2 Å². The molecule has 1 aromatic carbocycles. The molecule has 0 aliphatic rings. The summed E-state index contributed by atoms with van der Waals surface area (Å²) in [6.45, 7) is 2.63. The molecule has 0 atom stereocenters. The molecule has 0 saturated carbocycles. The standard InChI is InChI=1S/C15H24N4O2/c1-5-8-17-14(20)10-19(4)15(21)11-6-7-13(18(2)3)12(16)9-11/h6-7,9H,5,8,10,16H2,1-4H3,(H,17,20). The molecular weight excluding hydrogens is 268 g/mol. The Labute approximate surface area is 125 Å². The van der Waals surface area contributed by atoms with E-state index in [9.17, 15) is 9.59 Å². The Kier molecular flexibility index (Phi) is 6.02. The molecule has 0 radical (unpaired) electrons. The number of nitrogens with zero attached hydrogens (tertiary/aromatic N) is 2. The summed E-state index contributed by atoms with van der Waals surface area (Å²) in [7, 11) is 5.37. The van der Waals surface area contributed by atoms with Crippen molar-refractivity contribution in [3.63, 3.8) is 0 Å². The summed E-state index contributed by atoms with van der Waals surface area (Å²) in [5.74, 6) is -0.385. The lowest BCUT2D eigenvalue weighted by Gasteiger charge is -2.19. The maximum atomic E-state index is 12.3. The van der Waals surface area contributed by atoms with Gasteiger partial charge >= 0.3 is 0 Å². The van der Waals surface area contributed by atoms with E-state index in [1.807, 2.05) is 25.9 Å². The highest BCUT2D eigenvalue weighted by Crippen LogP contribution is 2.22. The molecule has 2 amide bonds. The molecule has 6 heteroatoms. The van der Waals surface area contributed by atoms with Gasteiger partial charge in [-0.05, 0) is 24.6 Å². The van der Waals surface area contributed by atoms with Crippen LogP contribution >= 0.6 is 0 Å². The van der Waals surface area contributed by atoms with Crippen LogP contribution in [0.2, 0.25) is 0 Å². The topological polar surface area (TPSA) is 78.7 Å². The van der Waals surface area contributed by atoms with Crippen molar-refractivity contribution >= 4 is 23.2 Å². The van der Waals surface area contributed by atoms with Crippen molar-refractivity contribution in [3.8, 4) is 0 Å². The van der Waals surface area contributed by atoms with Crippen LogP contribution in [0.25, 0.3) is 0 Å². The first kappa shape index (κ1) is 16.8. The Morgan fingerprint density at radius 2 is 1.90 bits per heavy atom.